The highest BCUT2D eigenvalue weighted by Gasteiger charge is 2.37. The lowest BCUT2D eigenvalue weighted by molar-refractivity contribution is -0.139. The Balaban J connectivity index is 2.72. The molecule has 2 aromatic rings. The molecular formula is C13H11F3N2O2S. The molecule has 0 amide bonds. The molecule has 0 radical (unpaired) electrons. The summed E-state index contributed by atoms with van der Waals surface area (Å²) in [5.74, 6) is 0. The molecule has 112 valence electrons. The van der Waals surface area contributed by atoms with Gasteiger partial charge in [0.25, 0.3) is 0 Å². The predicted octanol–water partition coefficient (Wildman–Crippen LogP) is 2.70. The number of benzene rings is 2. The third kappa shape index (κ3) is 2.94. The molecule has 0 aliphatic rings. The van der Waals surface area contributed by atoms with E-state index in [1.807, 2.05) is 0 Å². The minimum absolute atomic E-state index is 0.139. The first-order chi connectivity index (χ1) is 9.62. The van der Waals surface area contributed by atoms with E-state index in [2.05, 4.69) is 0 Å². The van der Waals surface area contributed by atoms with Crippen LogP contribution in [0.15, 0.2) is 52.3 Å². The summed E-state index contributed by atoms with van der Waals surface area (Å²) in [6.07, 6.45) is -4.84. The van der Waals surface area contributed by atoms with Gasteiger partial charge in [-0.3, -0.25) is 0 Å². The van der Waals surface area contributed by atoms with Crippen LogP contribution in [0.5, 0.6) is 0 Å². The van der Waals surface area contributed by atoms with Gasteiger partial charge in [-0.25, -0.2) is 8.42 Å². The number of sulfone groups is 1. The zero-order valence-electron chi connectivity index (χ0n) is 10.6. The third-order valence-corrected chi connectivity index (χ3v) is 4.58. The molecule has 0 spiro atoms. The van der Waals surface area contributed by atoms with Crippen LogP contribution >= 0.6 is 0 Å². The number of hydrogen-bond donors (Lipinski definition) is 2. The van der Waals surface area contributed by atoms with Crippen LogP contribution < -0.4 is 11.5 Å². The average molecular weight is 316 g/mol. The molecule has 0 saturated heterocycles. The lowest BCUT2D eigenvalue weighted by Crippen LogP contribution is -2.14. The molecule has 21 heavy (non-hydrogen) atoms. The highest BCUT2D eigenvalue weighted by molar-refractivity contribution is 7.91. The Morgan fingerprint density at radius 2 is 1.52 bits per heavy atom. The van der Waals surface area contributed by atoms with E-state index < -0.39 is 26.5 Å². The summed E-state index contributed by atoms with van der Waals surface area (Å²) in [6.45, 7) is 0. The van der Waals surface area contributed by atoms with Crippen LogP contribution in [0.2, 0.25) is 0 Å². The van der Waals surface area contributed by atoms with Crippen molar-refractivity contribution in [3.8, 4) is 0 Å². The van der Waals surface area contributed by atoms with E-state index in [0.717, 1.165) is 18.2 Å². The molecule has 0 bridgehead atoms. The molecule has 4 nitrogen and oxygen atoms in total. The van der Waals surface area contributed by atoms with Gasteiger partial charge < -0.3 is 11.5 Å². The Labute approximate surface area is 119 Å². The van der Waals surface area contributed by atoms with Gasteiger partial charge in [-0.2, -0.15) is 13.2 Å². The topological polar surface area (TPSA) is 86.2 Å². The van der Waals surface area contributed by atoms with Crippen LogP contribution in [-0.4, -0.2) is 8.42 Å². The van der Waals surface area contributed by atoms with E-state index in [4.69, 9.17) is 11.5 Å². The fourth-order valence-electron chi connectivity index (χ4n) is 1.81. The minimum atomic E-state index is -4.84. The number of anilines is 2. The van der Waals surface area contributed by atoms with Crippen molar-refractivity contribution in [2.24, 2.45) is 0 Å². The second-order valence-electron chi connectivity index (χ2n) is 4.33. The van der Waals surface area contributed by atoms with Gasteiger partial charge >= 0.3 is 6.18 Å². The Morgan fingerprint density at radius 3 is 2.10 bits per heavy atom. The molecule has 0 atom stereocenters. The number of nitrogens with two attached hydrogens (primary N) is 2. The molecule has 0 unspecified atom stereocenters. The molecule has 0 aromatic heterocycles. The van der Waals surface area contributed by atoms with Gasteiger partial charge in [0.15, 0.2) is 0 Å². The quantitative estimate of drug-likeness (QED) is 0.834. The molecule has 0 aliphatic carbocycles. The third-order valence-electron chi connectivity index (χ3n) is 2.77. The van der Waals surface area contributed by atoms with Crippen molar-refractivity contribution in [3.05, 3.63) is 48.0 Å². The second-order valence-corrected chi connectivity index (χ2v) is 6.25. The van der Waals surface area contributed by atoms with Crippen molar-refractivity contribution in [3.63, 3.8) is 0 Å². The lowest BCUT2D eigenvalue weighted by Gasteiger charge is -2.14. The second kappa shape index (κ2) is 4.96. The molecule has 4 N–H and O–H groups in total. The van der Waals surface area contributed by atoms with E-state index in [-0.39, 0.29) is 16.3 Å². The fourth-order valence-corrected chi connectivity index (χ4v) is 3.33. The van der Waals surface area contributed by atoms with Gasteiger partial charge in [0.2, 0.25) is 9.84 Å². The fraction of sp³-hybridized carbons (Fsp3) is 0.0769. The first kappa shape index (κ1) is 15.2. The maximum absolute atomic E-state index is 13.0. The largest absolute Gasteiger partial charge is 0.417 e. The first-order valence-electron chi connectivity index (χ1n) is 5.70. The molecule has 0 fully saturated rings. The Bertz CT molecular complexity index is 786. The normalized spacial score (nSPS) is 12.3. The zero-order valence-corrected chi connectivity index (χ0v) is 11.4. The summed E-state index contributed by atoms with van der Waals surface area (Å²) in [5.41, 5.74) is 9.46. The van der Waals surface area contributed by atoms with Crippen molar-refractivity contribution >= 4 is 21.2 Å². The van der Waals surface area contributed by atoms with Crippen molar-refractivity contribution in [2.45, 2.75) is 16.0 Å². The van der Waals surface area contributed by atoms with Crippen LogP contribution in [0.1, 0.15) is 5.56 Å². The monoisotopic (exact) mass is 316 g/mol. The lowest BCUT2D eigenvalue weighted by atomic mass is 10.2. The predicted molar refractivity (Wildman–Crippen MR) is 72.2 cm³/mol. The summed E-state index contributed by atoms with van der Waals surface area (Å²) >= 11 is 0. The highest BCUT2D eigenvalue weighted by Crippen LogP contribution is 2.37. The van der Waals surface area contributed by atoms with Crippen LogP contribution in [0.25, 0.3) is 0 Å². The van der Waals surface area contributed by atoms with E-state index in [0.29, 0.717) is 6.07 Å². The maximum atomic E-state index is 13.0. The standard InChI is InChI=1S/C13H11F3N2O2S/c14-13(15,16)11-7-9(18)4-5-12(11)21(19,20)10-3-1-2-8(17)6-10/h1-7H,17-18H2. The molecular weight excluding hydrogens is 305 g/mol. The summed E-state index contributed by atoms with van der Waals surface area (Å²) < 4.78 is 63.8. The molecule has 0 saturated carbocycles. The van der Waals surface area contributed by atoms with Crippen LogP contribution in [0.3, 0.4) is 0 Å². The number of hydrogen-bond acceptors (Lipinski definition) is 4. The van der Waals surface area contributed by atoms with Gasteiger partial charge in [-0.05, 0) is 36.4 Å². The first-order valence-corrected chi connectivity index (χ1v) is 7.18. The van der Waals surface area contributed by atoms with Gasteiger partial charge in [0.1, 0.15) is 0 Å². The molecule has 0 heterocycles. The molecule has 8 heteroatoms. The number of rotatable bonds is 2. The zero-order chi connectivity index (χ0) is 15.8. The maximum Gasteiger partial charge on any atom is 0.417 e. The molecule has 2 aromatic carbocycles. The van der Waals surface area contributed by atoms with Crippen molar-refractivity contribution < 1.29 is 21.6 Å². The Hall–Kier alpha value is -2.22. The Morgan fingerprint density at radius 1 is 0.905 bits per heavy atom. The summed E-state index contributed by atoms with van der Waals surface area (Å²) in [5, 5.41) is 0. The summed E-state index contributed by atoms with van der Waals surface area (Å²) in [7, 11) is -4.35. The van der Waals surface area contributed by atoms with E-state index in [1.54, 1.807) is 0 Å². The Kier molecular flexibility index (Phi) is 3.58. The minimum Gasteiger partial charge on any atom is -0.399 e. The van der Waals surface area contributed by atoms with E-state index in [1.165, 1.54) is 18.2 Å². The van der Waals surface area contributed by atoms with Gasteiger partial charge in [-0.1, -0.05) is 6.07 Å². The molecule has 2 rings (SSSR count). The van der Waals surface area contributed by atoms with E-state index >= 15 is 0 Å². The summed E-state index contributed by atoms with van der Waals surface area (Å²) in [6, 6.07) is 7.62. The van der Waals surface area contributed by atoms with Crippen molar-refractivity contribution in [1.82, 2.24) is 0 Å². The van der Waals surface area contributed by atoms with Gasteiger partial charge in [0.05, 0.1) is 15.4 Å². The number of nitrogen functional groups attached to an aromatic ring is 2. The number of alkyl halides is 3. The van der Waals surface area contributed by atoms with Crippen LogP contribution in [0, 0.1) is 0 Å². The van der Waals surface area contributed by atoms with Gasteiger partial charge in [0, 0.05) is 11.4 Å². The number of halogens is 3. The van der Waals surface area contributed by atoms with Crippen molar-refractivity contribution in [2.75, 3.05) is 11.5 Å². The SMILES string of the molecule is Nc1cccc(S(=O)(=O)c2ccc(N)cc2C(F)(F)F)c1. The van der Waals surface area contributed by atoms with Crippen LogP contribution in [-0.2, 0) is 16.0 Å². The highest BCUT2D eigenvalue weighted by atomic mass is 32.2. The molecule has 0 aliphatic heterocycles. The summed E-state index contributed by atoms with van der Waals surface area (Å²) in [4.78, 5) is -1.16. The van der Waals surface area contributed by atoms with E-state index in [9.17, 15) is 21.6 Å². The smallest absolute Gasteiger partial charge is 0.399 e. The van der Waals surface area contributed by atoms with Crippen LogP contribution in [0.4, 0.5) is 24.5 Å². The average Bonchev–Trinajstić information content (AvgIpc) is 2.37. The van der Waals surface area contributed by atoms with Crippen molar-refractivity contribution in [1.29, 1.82) is 0 Å². The van der Waals surface area contributed by atoms with Gasteiger partial charge in [-0.15, -0.1) is 0 Å².